The van der Waals surface area contributed by atoms with E-state index in [1.54, 1.807) is 12.2 Å². The molecular formula is C28H52N4O4. The van der Waals surface area contributed by atoms with Crippen molar-refractivity contribution in [1.29, 1.82) is 0 Å². The van der Waals surface area contributed by atoms with Crippen molar-refractivity contribution < 1.29 is 19.4 Å². The van der Waals surface area contributed by atoms with Crippen molar-refractivity contribution in [2.45, 2.75) is 122 Å². The molecule has 0 spiro atoms. The number of aliphatic hydroxyl groups is 1. The minimum atomic E-state index is -0.772. The Bertz CT molecular complexity index is 635. The molecule has 0 bridgehead atoms. The monoisotopic (exact) mass is 508 g/mol. The van der Waals surface area contributed by atoms with E-state index in [1.165, 1.54) is 57.8 Å². The Hall–Kier alpha value is -1.90. The number of nitrogens with one attached hydrogen (secondary N) is 1. The topological polar surface area (TPSA) is 132 Å². The van der Waals surface area contributed by atoms with E-state index < -0.39 is 18.5 Å². The number of nitrogens with two attached hydrogens (primary N) is 2. The normalized spacial score (nSPS) is 19.6. The lowest BCUT2D eigenvalue weighted by Crippen LogP contribution is -2.44. The van der Waals surface area contributed by atoms with Crippen LogP contribution < -0.4 is 16.8 Å². The van der Waals surface area contributed by atoms with Crippen LogP contribution in [0.1, 0.15) is 103 Å². The Balaban J connectivity index is 1.99. The van der Waals surface area contributed by atoms with Gasteiger partial charge in [0.05, 0.1) is 6.61 Å². The van der Waals surface area contributed by atoms with Crippen molar-refractivity contribution in [2.75, 3.05) is 19.7 Å². The second-order valence-corrected chi connectivity index (χ2v) is 9.59. The molecule has 8 nitrogen and oxygen atoms in total. The number of ether oxygens (including phenoxy) is 2. The fourth-order valence-corrected chi connectivity index (χ4v) is 4.02. The molecule has 1 aliphatic heterocycles. The van der Waals surface area contributed by atoms with Crippen LogP contribution in [0.15, 0.2) is 29.3 Å². The number of aliphatic hydroxyl groups excluding tert-OH is 1. The van der Waals surface area contributed by atoms with Gasteiger partial charge in [0.15, 0.2) is 12.2 Å². The van der Waals surface area contributed by atoms with E-state index in [2.05, 4.69) is 29.4 Å². The lowest BCUT2D eigenvalue weighted by molar-refractivity contribution is -0.170. The molecule has 0 radical (unpaired) electrons. The molecule has 208 valence electrons. The number of nitrogens with zero attached hydrogens (tertiary/aromatic N) is 1. The zero-order valence-corrected chi connectivity index (χ0v) is 22.5. The van der Waals surface area contributed by atoms with Crippen LogP contribution in [-0.4, -0.2) is 55.2 Å². The number of rotatable bonds is 22. The van der Waals surface area contributed by atoms with Crippen LogP contribution in [0.2, 0.25) is 0 Å². The molecule has 0 aromatic rings. The van der Waals surface area contributed by atoms with Crippen molar-refractivity contribution >= 4 is 11.9 Å². The Morgan fingerprint density at radius 2 is 1.61 bits per heavy atom. The van der Waals surface area contributed by atoms with Crippen LogP contribution in [0.5, 0.6) is 0 Å². The Kier molecular flexibility index (Phi) is 19.9. The molecule has 0 aliphatic carbocycles. The quantitative estimate of drug-likeness (QED) is 0.0738. The molecule has 1 heterocycles. The number of allylic oxidation sites excluding steroid dienone is 2. The maximum absolute atomic E-state index is 12.2. The number of carbonyl (C=O) groups is 1. The van der Waals surface area contributed by atoms with E-state index in [1.807, 2.05) is 0 Å². The summed E-state index contributed by atoms with van der Waals surface area (Å²) in [6, 6.07) is 0. The Labute approximate surface area is 219 Å². The van der Waals surface area contributed by atoms with E-state index in [0.717, 1.165) is 25.7 Å². The molecule has 0 fully saturated rings. The van der Waals surface area contributed by atoms with Gasteiger partial charge in [0, 0.05) is 19.5 Å². The van der Waals surface area contributed by atoms with Gasteiger partial charge in [0.1, 0.15) is 12.2 Å². The zero-order valence-electron chi connectivity index (χ0n) is 22.5. The first kappa shape index (κ1) is 32.1. The summed E-state index contributed by atoms with van der Waals surface area (Å²) in [7, 11) is 0. The molecule has 6 N–H and O–H groups in total. The van der Waals surface area contributed by atoms with Gasteiger partial charge in [0.25, 0.3) is 0 Å². The minimum Gasteiger partial charge on any atom is -0.386 e. The van der Waals surface area contributed by atoms with Crippen LogP contribution in [0.4, 0.5) is 0 Å². The van der Waals surface area contributed by atoms with Gasteiger partial charge in [-0.15, -0.1) is 0 Å². The molecule has 0 aromatic heterocycles. The summed E-state index contributed by atoms with van der Waals surface area (Å²) < 4.78 is 11.4. The van der Waals surface area contributed by atoms with Crippen molar-refractivity contribution in [3.63, 3.8) is 0 Å². The van der Waals surface area contributed by atoms with Crippen LogP contribution in [0.25, 0.3) is 0 Å². The lowest BCUT2D eigenvalue weighted by Gasteiger charge is -2.29. The average Bonchev–Trinajstić information content (AvgIpc) is 2.86. The summed E-state index contributed by atoms with van der Waals surface area (Å²) in [6.07, 6.45) is 23.4. The summed E-state index contributed by atoms with van der Waals surface area (Å²) in [5.74, 6) is 0.0530. The number of guanidine groups is 1. The summed E-state index contributed by atoms with van der Waals surface area (Å²) in [5, 5.41) is 13.0. The van der Waals surface area contributed by atoms with Gasteiger partial charge in [0.2, 0.25) is 5.91 Å². The maximum Gasteiger partial charge on any atom is 0.220 e. The molecule has 0 aromatic carbocycles. The predicted octanol–water partition coefficient (Wildman–Crippen LogP) is 4.46. The molecule has 1 rings (SSSR count). The largest absolute Gasteiger partial charge is 0.386 e. The molecule has 0 saturated heterocycles. The summed E-state index contributed by atoms with van der Waals surface area (Å²) in [4.78, 5) is 16.1. The predicted molar refractivity (Wildman–Crippen MR) is 148 cm³/mol. The molecule has 36 heavy (non-hydrogen) atoms. The Morgan fingerprint density at radius 1 is 0.972 bits per heavy atom. The van der Waals surface area contributed by atoms with E-state index in [-0.39, 0.29) is 18.4 Å². The van der Waals surface area contributed by atoms with Crippen LogP contribution in [0.3, 0.4) is 0 Å². The van der Waals surface area contributed by atoms with Gasteiger partial charge in [-0.1, -0.05) is 76.5 Å². The van der Waals surface area contributed by atoms with Gasteiger partial charge in [-0.05, 0) is 44.6 Å². The standard InChI is InChI=1S/C28H52N4O4/c1-2-3-4-5-6-7-8-9-10-11-12-13-14-15-16-18-26(34)32-23-25-24(33)19-20-27(36-25)35-22-17-21-31-28(29)30/h9-10,19-20,24-25,27,33H,2-8,11-18,21-23H2,1H3,(H,32,34)(H4,29,30,31)/b10-9-/t24-,25+,27?/m0/s1. The van der Waals surface area contributed by atoms with Gasteiger partial charge >= 0.3 is 0 Å². The first-order valence-corrected chi connectivity index (χ1v) is 14.1. The molecule has 0 saturated carbocycles. The number of hydrogen-bond acceptors (Lipinski definition) is 5. The molecule has 3 atom stereocenters. The third-order valence-electron chi connectivity index (χ3n) is 6.20. The van der Waals surface area contributed by atoms with Crippen LogP contribution in [-0.2, 0) is 14.3 Å². The molecular weight excluding hydrogens is 456 g/mol. The van der Waals surface area contributed by atoms with Crippen LogP contribution >= 0.6 is 0 Å². The summed E-state index contributed by atoms with van der Waals surface area (Å²) >= 11 is 0. The van der Waals surface area contributed by atoms with E-state index in [0.29, 0.717) is 26.0 Å². The number of unbranched alkanes of at least 4 members (excludes halogenated alkanes) is 11. The first-order chi connectivity index (χ1) is 17.5. The highest BCUT2D eigenvalue weighted by Gasteiger charge is 2.26. The SMILES string of the molecule is CCCCCCCC/C=C\CCCCCCCC(=O)NC[C@H]1OC(OCCCN=C(N)N)C=C[C@@H]1O. The first-order valence-electron chi connectivity index (χ1n) is 14.1. The minimum absolute atomic E-state index is 0.00677. The highest BCUT2D eigenvalue weighted by molar-refractivity contribution is 5.76. The van der Waals surface area contributed by atoms with E-state index in [9.17, 15) is 9.90 Å². The highest BCUT2D eigenvalue weighted by atomic mass is 16.7. The van der Waals surface area contributed by atoms with E-state index in [4.69, 9.17) is 20.9 Å². The maximum atomic E-state index is 12.2. The third kappa shape index (κ3) is 18.4. The second kappa shape index (κ2) is 22.3. The van der Waals surface area contributed by atoms with Gasteiger partial charge < -0.3 is 31.4 Å². The molecule has 1 aliphatic rings. The number of carbonyl (C=O) groups excluding carboxylic acids is 1. The van der Waals surface area contributed by atoms with Crippen molar-refractivity contribution in [3.8, 4) is 0 Å². The smallest absolute Gasteiger partial charge is 0.220 e. The number of amides is 1. The van der Waals surface area contributed by atoms with Gasteiger partial charge in [-0.2, -0.15) is 0 Å². The van der Waals surface area contributed by atoms with Gasteiger partial charge in [-0.25, -0.2) is 0 Å². The molecule has 1 unspecified atom stereocenters. The Morgan fingerprint density at radius 3 is 2.28 bits per heavy atom. The zero-order chi connectivity index (χ0) is 26.3. The number of hydrogen-bond donors (Lipinski definition) is 4. The fraction of sp³-hybridized carbons (Fsp3) is 0.786. The molecule has 1 amide bonds. The van der Waals surface area contributed by atoms with Crippen molar-refractivity contribution in [1.82, 2.24) is 5.32 Å². The third-order valence-corrected chi connectivity index (χ3v) is 6.20. The summed E-state index contributed by atoms with van der Waals surface area (Å²) in [6.45, 7) is 3.42. The second-order valence-electron chi connectivity index (χ2n) is 9.59. The lowest BCUT2D eigenvalue weighted by atomic mass is 10.1. The fourth-order valence-electron chi connectivity index (χ4n) is 4.02. The van der Waals surface area contributed by atoms with Crippen molar-refractivity contribution in [2.24, 2.45) is 16.5 Å². The molecule has 8 heteroatoms. The van der Waals surface area contributed by atoms with E-state index >= 15 is 0 Å². The summed E-state index contributed by atoms with van der Waals surface area (Å²) in [5.41, 5.74) is 10.6. The van der Waals surface area contributed by atoms with Crippen LogP contribution in [0, 0.1) is 0 Å². The number of aliphatic imine (C=N–C) groups is 1. The van der Waals surface area contributed by atoms with Crippen molar-refractivity contribution in [3.05, 3.63) is 24.3 Å². The average molecular weight is 509 g/mol. The van der Waals surface area contributed by atoms with Gasteiger partial charge in [-0.3, -0.25) is 9.79 Å². The highest BCUT2D eigenvalue weighted by Crippen LogP contribution is 2.14.